The smallest absolute Gasteiger partial charge is 0.141 e. The van der Waals surface area contributed by atoms with Gasteiger partial charge >= 0.3 is 0 Å². The molecule has 4 heteroatoms. The van der Waals surface area contributed by atoms with Crippen LogP contribution in [0, 0.1) is 12.7 Å². The monoisotopic (exact) mass is 247 g/mol. The van der Waals surface area contributed by atoms with E-state index in [4.69, 9.17) is 4.74 Å². The van der Waals surface area contributed by atoms with Gasteiger partial charge in [0.2, 0.25) is 0 Å². The highest BCUT2D eigenvalue weighted by Gasteiger charge is 2.16. The second-order valence-corrected chi connectivity index (χ2v) is 4.08. The third-order valence-electron chi connectivity index (χ3n) is 2.72. The van der Waals surface area contributed by atoms with E-state index in [2.05, 4.69) is 4.98 Å². The van der Waals surface area contributed by atoms with Crippen LogP contribution in [0.1, 0.15) is 22.8 Å². The Morgan fingerprint density at radius 1 is 1.28 bits per heavy atom. The molecule has 0 aliphatic carbocycles. The fourth-order valence-corrected chi connectivity index (χ4v) is 1.82. The van der Waals surface area contributed by atoms with Crippen LogP contribution in [0.2, 0.25) is 0 Å². The van der Waals surface area contributed by atoms with Gasteiger partial charge in [-0.1, -0.05) is 11.6 Å². The molecule has 0 spiro atoms. The summed E-state index contributed by atoms with van der Waals surface area (Å²) in [4.78, 5) is 3.73. The quantitative estimate of drug-likeness (QED) is 0.906. The summed E-state index contributed by atoms with van der Waals surface area (Å²) in [5.74, 6) is 0.0931. The Morgan fingerprint density at radius 2 is 2.06 bits per heavy atom. The molecule has 2 rings (SSSR count). The number of benzene rings is 1. The molecule has 0 aliphatic rings. The van der Waals surface area contributed by atoms with Crippen molar-refractivity contribution in [2.24, 2.45) is 0 Å². The molecule has 0 amide bonds. The number of ether oxygens (including phenoxy) is 1. The molecule has 1 aromatic carbocycles. The number of hydrogen-bond donors (Lipinski definition) is 1. The number of aliphatic hydroxyl groups is 1. The number of rotatable bonds is 3. The van der Waals surface area contributed by atoms with E-state index in [9.17, 15) is 9.50 Å². The van der Waals surface area contributed by atoms with Crippen molar-refractivity contribution in [2.75, 3.05) is 7.11 Å². The van der Waals surface area contributed by atoms with Gasteiger partial charge in [0, 0.05) is 17.3 Å². The van der Waals surface area contributed by atoms with Gasteiger partial charge in [0.15, 0.2) is 0 Å². The van der Waals surface area contributed by atoms with Crippen LogP contribution in [0.5, 0.6) is 5.75 Å². The van der Waals surface area contributed by atoms with Gasteiger partial charge in [-0.3, -0.25) is 4.98 Å². The van der Waals surface area contributed by atoms with Crippen molar-refractivity contribution in [1.29, 1.82) is 0 Å². The first-order valence-corrected chi connectivity index (χ1v) is 5.55. The van der Waals surface area contributed by atoms with Crippen LogP contribution in [0.25, 0.3) is 0 Å². The SMILES string of the molecule is COc1ccc(C)cc1C(O)c1cncc(F)c1. The summed E-state index contributed by atoms with van der Waals surface area (Å²) in [7, 11) is 1.53. The Labute approximate surface area is 105 Å². The van der Waals surface area contributed by atoms with Crippen LogP contribution in [0.4, 0.5) is 4.39 Å². The second kappa shape index (κ2) is 5.14. The van der Waals surface area contributed by atoms with Crippen molar-refractivity contribution < 1.29 is 14.2 Å². The zero-order valence-electron chi connectivity index (χ0n) is 10.2. The van der Waals surface area contributed by atoms with Gasteiger partial charge < -0.3 is 9.84 Å². The minimum atomic E-state index is -0.956. The number of pyridine rings is 1. The summed E-state index contributed by atoms with van der Waals surface area (Å²) in [5.41, 5.74) is 2.00. The standard InChI is InChI=1S/C14H14FNO2/c1-9-3-4-13(18-2)12(5-9)14(17)10-6-11(15)8-16-7-10/h3-8,14,17H,1-2H3. The number of nitrogens with zero attached hydrogens (tertiary/aromatic N) is 1. The number of hydrogen-bond acceptors (Lipinski definition) is 3. The predicted molar refractivity (Wildman–Crippen MR) is 66.0 cm³/mol. The zero-order chi connectivity index (χ0) is 13.1. The Kier molecular flexibility index (Phi) is 3.58. The van der Waals surface area contributed by atoms with Crippen molar-refractivity contribution in [3.63, 3.8) is 0 Å². The molecule has 0 radical (unpaired) electrons. The molecule has 18 heavy (non-hydrogen) atoms. The minimum absolute atomic E-state index is 0.402. The van der Waals surface area contributed by atoms with Crippen LogP contribution in [0.15, 0.2) is 36.7 Å². The van der Waals surface area contributed by atoms with Crippen LogP contribution in [-0.2, 0) is 0 Å². The first-order valence-electron chi connectivity index (χ1n) is 5.55. The number of halogens is 1. The van der Waals surface area contributed by atoms with Crippen molar-refractivity contribution in [3.05, 3.63) is 59.2 Å². The van der Waals surface area contributed by atoms with Gasteiger partial charge in [-0.25, -0.2) is 4.39 Å². The molecule has 1 heterocycles. The summed E-state index contributed by atoms with van der Waals surface area (Å²) < 4.78 is 18.3. The van der Waals surface area contributed by atoms with Gasteiger partial charge in [-0.2, -0.15) is 0 Å². The number of methoxy groups -OCH3 is 1. The predicted octanol–water partition coefficient (Wildman–Crippen LogP) is 2.62. The lowest BCUT2D eigenvalue weighted by Crippen LogP contribution is -2.04. The maximum absolute atomic E-state index is 13.1. The molecule has 0 fully saturated rings. The highest BCUT2D eigenvalue weighted by Crippen LogP contribution is 2.30. The molecular formula is C14H14FNO2. The molecule has 1 N–H and O–H groups in total. The molecule has 2 aromatic rings. The van der Waals surface area contributed by atoms with Gasteiger partial charge in [-0.15, -0.1) is 0 Å². The summed E-state index contributed by atoms with van der Waals surface area (Å²) in [6, 6.07) is 6.74. The Hall–Kier alpha value is -1.94. The van der Waals surface area contributed by atoms with E-state index in [1.807, 2.05) is 19.1 Å². The molecule has 1 unspecified atom stereocenters. The van der Waals surface area contributed by atoms with E-state index in [0.29, 0.717) is 16.9 Å². The van der Waals surface area contributed by atoms with Gasteiger partial charge in [0.05, 0.1) is 13.3 Å². The van der Waals surface area contributed by atoms with Crippen molar-refractivity contribution in [3.8, 4) is 5.75 Å². The van der Waals surface area contributed by atoms with Crippen LogP contribution < -0.4 is 4.74 Å². The highest BCUT2D eigenvalue weighted by atomic mass is 19.1. The molecule has 0 saturated heterocycles. The summed E-state index contributed by atoms with van der Waals surface area (Å²) >= 11 is 0. The maximum atomic E-state index is 13.1. The Balaban J connectivity index is 2.44. The van der Waals surface area contributed by atoms with Gasteiger partial charge in [0.25, 0.3) is 0 Å². The molecule has 0 aliphatic heterocycles. The summed E-state index contributed by atoms with van der Waals surface area (Å²) in [5, 5.41) is 10.3. The molecule has 0 saturated carbocycles. The molecular weight excluding hydrogens is 233 g/mol. The average molecular weight is 247 g/mol. The normalized spacial score (nSPS) is 12.2. The first-order chi connectivity index (χ1) is 8.61. The summed E-state index contributed by atoms with van der Waals surface area (Å²) in [6.07, 6.45) is 1.59. The number of aliphatic hydroxyl groups excluding tert-OH is 1. The van der Waals surface area contributed by atoms with E-state index in [1.165, 1.54) is 19.4 Å². The number of aromatic nitrogens is 1. The lowest BCUT2D eigenvalue weighted by atomic mass is 10.0. The topological polar surface area (TPSA) is 42.4 Å². The lowest BCUT2D eigenvalue weighted by molar-refractivity contribution is 0.213. The molecule has 94 valence electrons. The summed E-state index contributed by atoms with van der Waals surface area (Å²) in [6.45, 7) is 1.92. The Morgan fingerprint density at radius 3 is 2.72 bits per heavy atom. The Bertz CT molecular complexity index is 557. The van der Waals surface area contributed by atoms with Gasteiger partial charge in [0.1, 0.15) is 17.7 Å². The van der Waals surface area contributed by atoms with E-state index in [-0.39, 0.29) is 0 Å². The van der Waals surface area contributed by atoms with Gasteiger partial charge in [-0.05, 0) is 25.1 Å². The van der Waals surface area contributed by atoms with Crippen molar-refractivity contribution in [1.82, 2.24) is 4.98 Å². The van der Waals surface area contributed by atoms with E-state index in [1.54, 1.807) is 6.07 Å². The number of aryl methyl sites for hydroxylation is 1. The van der Waals surface area contributed by atoms with Crippen LogP contribution >= 0.6 is 0 Å². The van der Waals surface area contributed by atoms with Crippen molar-refractivity contribution >= 4 is 0 Å². The average Bonchev–Trinajstić information content (AvgIpc) is 2.38. The molecule has 3 nitrogen and oxygen atoms in total. The third-order valence-corrected chi connectivity index (χ3v) is 2.72. The second-order valence-electron chi connectivity index (χ2n) is 4.08. The van der Waals surface area contributed by atoms with E-state index < -0.39 is 11.9 Å². The molecule has 1 aromatic heterocycles. The first kappa shape index (κ1) is 12.5. The zero-order valence-corrected chi connectivity index (χ0v) is 10.2. The minimum Gasteiger partial charge on any atom is -0.496 e. The lowest BCUT2D eigenvalue weighted by Gasteiger charge is -2.15. The highest BCUT2D eigenvalue weighted by molar-refractivity contribution is 5.42. The molecule has 1 atom stereocenters. The van der Waals surface area contributed by atoms with E-state index >= 15 is 0 Å². The van der Waals surface area contributed by atoms with Crippen molar-refractivity contribution in [2.45, 2.75) is 13.0 Å². The fourth-order valence-electron chi connectivity index (χ4n) is 1.82. The molecule has 0 bridgehead atoms. The fraction of sp³-hybridized carbons (Fsp3) is 0.214. The third kappa shape index (κ3) is 2.49. The van der Waals surface area contributed by atoms with Crippen LogP contribution in [0.3, 0.4) is 0 Å². The van der Waals surface area contributed by atoms with E-state index in [0.717, 1.165) is 11.8 Å². The maximum Gasteiger partial charge on any atom is 0.141 e. The largest absolute Gasteiger partial charge is 0.496 e. The van der Waals surface area contributed by atoms with Crippen LogP contribution in [-0.4, -0.2) is 17.2 Å².